The van der Waals surface area contributed by atoms with Crippen molar-refractivity contribution in [3.8, 4) is 5.75 Å². The molecule has 1 aromatic carbocycles. The Morgan fingerprint density at radius 3 is 3.00 bits per heavy atom. The number of halogens is 1. The van der Waals surface area contributed by atoms with Crippen LogP contribution in [0, 0.1) is 0 Å². The molecule has 0 radical (unpaired) electrons. The number of hydrogen-bond donors (Lipinski definition) is 0. The molecule has 0 spiro atoms. The minimum absolute atomic E-state index is 0.0842. The molecule has 0 amide bonds. The van der Waals surface area contributed by atoms with Crippen molar-refractivity contribution in [1.29, 1.82) is 0 Å². The number of aromatic nitrogens is 2. The van der Waals surface area contributed by atoms with E-state index in [2.05, 4.69) is 21.0 Å². The Balaban J connectivity index is 2.22. The van der Waals surface area contributed by atoms with Crippen LogP contribution in [0.3, 0.4) is 0 Å². The molecule has 0 aliphatic heterocycles. The number of carbonyl (C=O) groups excluding carboxylic acids is 1. The molecule has 0 saturated heterocycles. The first kappa shape index (κ1) is 14.5. The van der Waals surface area contributed by atoms with Gasteiger partial charge in [0.15, 0.2) is 0 Å². The third-order valence-electron chi connectivity index (χ3n) is 2.85. The third kappa shape index (κ3) is 3.17. The lowest BCUT2D eigenvalue weighted by Crippen LogP contribution is -2.07. The minimum Gasteiger partial charge on any atom is -0.497 e. The van der Waals surface area contributed by atoms with Gasteiger partial charge in [0.25, 0.3) is 0 Å². The predicted molar refractivity (Wildman–Crippen MR) is 82.0 cm³/mol. The first-order valence-electron chi connectivity index (χ1n) is 6.23. The SMILES string of the molecule is CCn1ncc(Br)c1C(=O)/C=C/c1cccc(OC)c1. The summed E-state index contributed by atoms with van der Waals surface area (Å²) in [5, 5.41) is 4.13. The Morgan fingerprint density at radius 2 is 2.30 bits per heavy atom. The summed E-state index contributed by atoms with van der Waals surface area (Å²) >= 11 is 3.35. The monoisotopic (exact) mass is 334 g/mol. The summed E-state index contributed by atoms with van der Waals surface area (Å²) in [5.74, 6) is 0.679. The first-order valence-corrected chi connectivity index (χ1v) is 7.02. The quantitative estimate of drug-likeness (QED) is 0.620. The molecule has 2 aromatic rings. The van der Waals surface area contributed by atoms with E-state index in [9.17, 15) is 4.79 Å². The van der Waals surface area contributed by atoms with Crippen LogP contribution in [0.2, 0.25) is 0 Å². The number of hydrogen-bond acceptors (Lipinski definition) is 3. The van der Waals surface area contributed by atoms with E-state index < -0.39 is 0 Å². The van der Waals surface area contributed by atoms with Gasteiger partial charge in [0, 0.05) is 6.54 Å². The van der Waals surface area contributed by atoms with Crippen molar-refractivity contribution in [3.63, 3.8) is 0 Å². The zero-order chi connectivity index (χ0) is 14.5. The standard InChI is InChI=1S/C15H15BrN2O2/c1-3-18-15(13(16)10-17-18)14(19)8-7-11-5-4-6-12(9-11)20-2/h4-10H,3H2,1-2H3/b8-7+. The highest BCUT2D eigenvalue weighted by molar-refractivity contribution is 9.10. The number of benzene rings is 1. The first-order chi connectivity index (χ1) is 9.65. The van der Waals surface area contributed by atoms with Gasteiger partial charge in [-0.15, -0.1) is 0 Å². The van der Waals surface area contributed by atoms with Crippen LogP contribution in [0.15, 0.2) is 41.0 Å². The minimum atomic E-state index is -0.0842. The zero-order valence-electron chi connectivity index (χ0n) is 11.3. The summed E-state index contributed by atoms with van der Waals surface area (Å²) < 4.78 is 7.53. The number of allylic oxidation sites excluding steroid dienone is 1. The molecule has 0 saturated carbocycles. The summed E-state index contributed by atoms with van der Waals surface area (Å²) in [6.07, 6.45) is 4.95. The van der Waals surface area contributed by atoms with E-state index >= 15 is 0 Å². The van der Waals surface area contributed by atoms with E-state index in [1.54, 1.807) is 30.1 Å². The lowest BCUT2D eigenvalue weighted by molar-refractivity contribution is 0.103. The van der Waals surface area contributed by atoms with E-state index in [0.29, 0.717) is 16.7 Å². The molecule has 1 heterocycles. The summed E-state index contributed by atoms with van der Waals surface area (Å²) in [6.45, 7) is 2.60. The summed E-state index contributed by atoms with van der Waals surface area (Å²) in [6, 6.07) is 7.53. The second-order valence-corrected chi connectivity index (χ2v) is 4.99. The molecule has 0 aliphatic carbocycles. The average molecular weight is 335 g/mol. The fourth-order valence-electron chi connectivity index (χ4n) is 1.84. The zero-order valence-corrected chi connectivity index (χ0v) is 12.9. The molecule has 20 heavy (non-hydrogen) atoms. The van der Waals surface area contributed by atoms with Crippen LogP contribution in [0.1, 0.15) is 23.0 Å². The number of ether oxygens (including phenoxy) is 1. The van der Waals surface area contributed by atoms with Crippen LogP contribution in [0.4, 0.5) is 0 Å². The molecule has 0 bridgehead atoms. The van der Waals surface area contributed by atoms with Gasteiger partial charge in [0.1, 0.15) is 11.4 Å². The molecular formula is C15H15BrN2O2. The third-order valence-corrected chi connectivity index (χ3v) is 3.43. The smallest absolute Gasteiger partial charge is 0.205 e. The Kier molecular flexibility index (Phi) is 4.74. The van der Waals surface area contributed by atoms with Crippen LogP contribution in [0.5, 0.6) is 5.75 Å². The normalized spacial score (nSPS) is 10.9. The van der Waals surface area contributed by atoms with Gasteiger partial charge in [-0.25, -0.2) is 0 Å². The number of aryl methyl sites for hydroxylation is 1. The maximum atomic E-state index is 12.2. The van der Waals surface area contributed by atoms with E-state index in [0.717, 1.165) is 11.3 Å². The van der Waals surface area contributed by atoms with Gasteiger partial charge in [-0.05, 0) is 46.6 Å². The van der Waals surface area contributed by atoms with Gasteiger partial charge in [0.05, 0.1) is 17.8 Å². The largest absolute Gasteiger partial charge is 0.497 e. The molecule has 0 aliphatic rings. The lowest BCUT2D eigenvalue weighted by atomic mass is 10.1. The lowest BCUT2D eigenvalue weighted by Gasteiger charge is -2.02. The number of ketones is 1. The number of rotatable bonds is 5. The van der Waals surface area contributed by atoms with Crippen molar-refractivity contribution in [1.82, 2.24) is 9.78 Å². The molecule has 5 heteroatoms. The van der Waals surface area contributed by atoms with Gasteiger partial charge >= 0.3 is 0 Å². The number of methoxy groups -OCH3 is 1. The highest BCUT2D eigenvalue weighted by atomic mass is 79.9. The highest BCUT2D eigenvalue weighted by Crippen LogP contribution is 2.18. The Morgan fingerprint density at radius 1 is 1.50 bits per heavy atom. The second kappa shape index (κ2) is 6.52. The van der Waals surface area contributed by atoms with Gasteiger partial charge in [-0.1, -0.05) is 18.2 Å². The number of nitrogens with zero attached hydrogens (tertiary/aromatic N) is 2. The van der Waals surface area contributed by atoms with Crippen molar-refractivity contribution in [2.75, 3.05) is 7.11 Å². The van der Waals surface area contributed by atoms with E-state index in [-0.39, 0.29) is 5.78 Å². The maximum Gasteiger partial charge on any atom is 0.205 e. The molecule has 4 nitrogen and oxygen atoms in total. The van der Waals surface area contributed by atoms with Crippen LogP contribution >= 0.6 is 15.9 Å². The van der Waals surface area contributed by atoms with Crippen molar-refractivity contribution < 1.29 is 9.53 Å². The van der Waals surface area contributed by atoms with Crippen molar-refractivity contribution in [2.24, 2.45) is 0 Å². The van der Waals surface area contributed by atoms with E-state index in [1.807, 2.05) is 31.2 Å². The molecule has 0 unspecified atom stereocenters. The molecule has 0 N–H and O–H groups in total. The molecule has 0 atom stereocenters. The van der Waals surface area contributed by atoms with Crippen molar-refractivity contribution in [2.45, 2.75) is 13.5 Å². The van der Waals surface area contributed by atoms with Gasteiger partial charge in [0.2, 0.25) is 5.78 Å². The Labute approximate surface area is 126 Å². The molecule has 2 rings (SSSR count). The van der Waals surface area contributed by atoms with Gasteiger partial charge in [-0.3, -0.25) is 9.48 Å². The van der Waals surface area contributed by atoms with E-state index in [1.165, 1.54) is 0 Å². The maximum absolute atomic E-state index is 12.2. The average Bonchev–Trinajstić information content (AvgIpc) is 2.86. The summed E-state index contributed by atoms with van der Waals surface area (Å²) in [4.78, 5) is 12.2. The molecular weight excluding hydrogens is 320 g/mol. The van der Waals surface area contributed by atoms with Crippen LogP contribution in [-0.2, 0) is 6.54 Å². The molecule has 1 aromatic heterocycles. The van der Waals surface area contributed by atoms with Crippen LogP contribution < -0.4 is 4.74 Å². The Hall–Kier alpha value is -1.88. The highest BCUT2D eigenvalue weighted by Gasteiger charge is 2.13. The second-order valence-electron chi connectivity index (χ2n) is 4.13. The van der Waals surface area contributed by atoms with Crippen molar-refractivity contribution >= 4 is 27.8 Å². The van der Waals surface area contributed by atoms with Crippen molar-refractivity contribution in [3.05, 3.63) is 52.3 Å². The Bertz CT molecular complexity index is 647. The molecule has 104 valence electrons. The van der Waals surface area contributed by atoms with Crippen LogP contribution in [-0.4, -0.2) is 22.7 Å². The van der Waals surface area contributed by atoms with Crippen LogP contribution in [0.25, 0.3) is 6.08 Å². The van der Waals surface area contributed by atoms with Gasteiger partial charge in [-0.2, -0.15) is 5.10 Å². The number of carbonyl (C=O) groups is 1. The molecule has 0 fully saturated rings. The topological polar surface area (TPSA) is 44.1 Å². The fraction of sp³-hybridized carbons (Fsp3) is 0.200. The predicted octanol–water partition coefficient (Wildman–Crippen LogP) is 3.57. The van der Waals surface area contributed by atoms with Gasteiger partial charge < -0.3 is 4.74 Å². The van der Waals surface area contributed by atoms with E-state index in [4.69, 9.17) is 4.74 Å². The fourth-order valence-corrected chi connectivity index (χ4v) is 2.33. The summed E-state index contributed by atoms with van der Waals surface area (Å²) in [7, 11) is 1.62. The summed E-state index contributed by atoms with van der Waals surface area (Å²) in [5.41, 5.74) is 1.48.